The second-order valence-electron chi connectivity index (χ2n) is 5.17. The molecule has 0 fully saturated rings. The molecular formula is C12H16ClF2N5O2S. The highest BCUT2D eigenvalue weighted by atomic mass is 35.5. The number of hydrogen-bond acceptors (Lipinski definition) is 4. The Bertz CT molecular complexity index is 774. The fraction of sp³-hybridized carbons (Fsp3) is 0.500. The van der Waals surface area contributed by atoms with Gasteiger partial charge in [-0.2, -0.15) is 19.0 Å². The molecule has 0 bridgehead atoms. The highest BCUT2D eigenvalue weighted by molar-refractivity contribution is 7.89. The lowest BCUT2D eigenvalue weighted by atomic mass is 10.2. The Kier molecular flexibility index (Phi) is 5.37. The lowest BCUT2D eigenvalue weighted by molar-refractivity contribution is 0.0561. The zero-order valence-corrected chi connectivity index (χ0v) is 14.0. The molecular weight excluding hydrogens is 352 g/mol. The number of aromatic nitrogens is 4. The highest BCUT2D eigenvalue weighted by Crippen LogP contribution is 2.18. The van der Waals surface area contributed by atoms with Crippen LogP contribution < -0.4 is 4.72 Å². The summed E-state index contributed by atoms with van der Waals surface area (Å²) in [6.45, 7) is 0.890. The van der Waals surface area contributed by atoms with Crippen LogP contribution in [0.3, 0.4) is 0 Å². The first-order valence-electron chi connectivity index (χ1n) is 6.70. The lowest BCUT2D eigenvalue weighted by Gasteiger charge is -2.12. The van der Waals surface area contributed by atoms with E-state index in [2.05, 4.69) is 14.9 Å². The molecule has 2 aromatic heterocycles. The molecule has 23 heavy (non-hydrogen) atoms. The van der Waals surface area contributed by atoms with Gasteiger partial charge in [0.25, 0.3) is 0 Å². The third-order valence-corrected chi connectivity index (χ3v) is 4.81. The second kappa shape index (κ2) is 6.93. The molecule has 0 radical (unpaired) electrons. The molecule has 0 amide bonds. The standard InChI is InChI=1S/C12H16ClF2N5O2S/c1-8(5-19-6-10(13)4-16-19)3-17-23(21,22)11-7-20(12(14)15)18-9(11)2/h4,6-8,12,17H,3,5H2,1-2H3/t8-/m1/s1. The molecule has 0 unspecified atom stereocenters. The van der Waals surface area contributed by atoms with E-state index >= 15 is 0 Å². The topological polar surface area (TPSA) is 81.8 Å². The van der Waals surface area contributed by atoms with Gasteiger partial charge in [-0.25, -0.2) is 17.8 Å². The van der Waals surface area contributed by atoms with E-state index in [1.807, 2.05) is 6.92 Å². The molecule has 11 heteroatoms. The van der Waals surface area contributed by atoms with E-state index in [9.17, 15) is 17.2 Å². The van der Waals surface area contributed by atoms with Crippen molar-refractivity contribution in [2.45, 2.75) is 31.8 Å². The third-order valence-electron chi connectivity index (χ3n) is 3.08. The van der Waals surface area contributed by atoms with Gasteiger partial charge in [0.1, 0.15) is 4.90 Å². The average Bonchev–Trinajstić information content (AvgIpc) is 3.03. The van der Waals surface area contributed by atoms with Gasteiger partial charge >= 0.3 is 6.55 Å². The summed E-state index contributed by atoms with van der Waals surface area (Å²) in [7, 11) is -3.91. The molecule has 2 aromatic rings. The van der Waals surface area contributed by atoms with Crippen molar-refractivity contribution in [3.05, 3.63) is 29.3 Å². The van der Waals surface area contributed by atoms with Gasteiger partial charge in [0.15, 0.2) is 0 Å². The van der Waals surface area contributed by atoms with Crippen molar-refractivity contribution < 1.29 is 17.2 Å². The predicted molar refractivity (Wildman–Crippen MR) is 79.8 cm³/mol. The van der Waals surface area contributed by atoms with Crippen molar-refractivity contribution in [1.29, 1.82) is 0 Å². The number of aryl methyl sites for hydroxylation is 1. The van der Waals surface area contributed by atoms with E-state index in [0.717, 1.165) is 6.20 Å². The summed E-state index contributed by atoms with van der Waals surface area (Å²) in [5, 5.41) is 7.99. The van der Waals surface area contributed by atoms with Crippen molar-refractivity contribution in [3.8, 4) is 0 Å². The molecule has 0 aromatic carbocycles. The van der Waals surface area contributed by atoms with Gasteiger partial charge in [-0.15, -0.1) is 0 Å². The van der Waals surface area contributed by atoms with Crippen LogP contribution in [0, 0.1) is 12.8 Å². The van der Waals surface area contributed by atoms with Crippen LogP contribution in [0.4, 0.5) is 8.78 Å². The van der Waals surface area contributed by atoms with Crippen molar-refractivity contribution >= 4 is 21.6 Å². The molecule has 2 heterocycles. The maximum atomic E-state index is 12.6. The number of hydrogen-bond donors (Lipinski definition) is 1. The molecule has 1 N–H and O–H groups in total. The summed E-state index contributed by atoms with van der Waals surface area (Å²) < 4.78 is 53.8. The van der Waals surface area contributed by atoms with E-state index < -0.39 is 16.6 Å². The van der Waals surface area contributed by atoms with Crippen molar-refractivity contribution in [3.63, 3.8) is 0 Å². The van der Waals surface area contributed by atoms with E-state index in [1.165, 1.54) is 13.1 Å². The van der Waals surface area contributed by atoms with Crippen LogP contribution in [0.25, 0.3) is 0 Å². The number of alkyl halides is 2. The smallest absolute Gasteiger partial charge is 0.271 e. The number of rotatable bonds is 7. The maximum absolute atomic E-state index is 12.6. The Morgan fingerprint density at radius 1 is 1.39 bits per heavy atom. The van der Waals surface area contributed by atoms with Gasteiger partial charge in [-0.3, -0.25) is 4.68 Å². The summed E-state index contributed by atoms with van der Waals surface area (Å²) in [6, 6.07) is 0. The average molecular weight is 368 g/mol. The first-order valence-corrected chi connectivity index (χ1v) is 8.56. The normalized spacial score (nSPS) is 13.7. The van der Waals surface area contributed by atoms with Gasteiger partial charge in [-0.1, -0.05) is 18.5 Å². The minimum Gasteiger partial charge on any atom is -0.271 e. The van der Waals surface area contributed by atoms with Crippen LogP contribution >= 0.6 is 11.6 Å². The largest absolute Gasteiger partial charge is 0.333 e. The molecule has 7 nitrogen and oxygen atoms in total. The Morgan fingerprint density at radius 2 is 2.09 bits per heavy atom. The first kappa shape index (κ1) is 17.8. The monoisotopic (exact) mass is 367 g/mol. The number of halogens is 3. The fourth-order valence-electron chi connectivity index (χ4n) is 1.98. The zero-order valence-electron chi connectivity index (χ0n) is 12.4. The minimum absolute atomic E-state index is 0.0179. The van der Waals surface area contributed by atoms with Crippen LogP contribution in [0.1, 0.15) is 19.2 Å². The minimum atomic E-state index is -3.91. The van der Waals surface area contributed by atoms with Crippen LogP contribution in [0.5, 0.6) is 0 Å². The molecule has 0 aliphatic rings. The summed E-state index contributed by atoms with van der Waals surface area (Å²) in [5.74, 6) is -0.0776. The summed E-state index contributed by atoms with van der Waals surface area (Å²) in [4.78, 5) is -0.257. The second-order valence-corrected chi connectivity index (χ2v) is 7.35. The van der Waals surface area contributed by atoms with Crippen LogP contribution in [-0.2, 0) is 16.6 Å². The highest BCUT2D eigenvalue weighted by Gasteiger charge is 2.23. The molecule has 1 atom stereocenters. The van der Waals surface area contributed by atoms with E-state index in [-0.39, 0.29) is 23.1 Å². The Hall–Kier alpha value is -1.52. The quantitative estimate of drug-likeness (QED) is 0.812. The molecule has 128 valence electrons. The molecule has 2 rings (SSSR count). The van der Waals surface area contributed by atoms with E-state index in [1.54, 1.807) is 10.9 Å². The van der Waals surface area contributed by atoms with Gasteiger partial charge in [0.2, 0.25) is 10.0 Å². The van der Waals surface area contributed by atoms with Crippen molar-refractivity contribution in [1.82, 2.24) is 24.3 Å². The van der Waals surface area contributed by atoms with Gasteiger partial charge in [-0.05, 0) is 12.8 Å². The Morgan fingerprint density at radius 3 is 2.61 bits per heavy atom. The van der Waals surface area contributed by atoms with E-state index in [0.29, 0.717) is 16.2 Å². The molecule has 0 saturated carbocycles. The SMILES string of the molecule is Cc1nn(C(F)F)cc1S(=O)(=O)NC[C@@H](C)Cn1cc(Cl)cn1. The van der Waals surface area contributed by atoms with Crippen LogP contribution in [0.2, 0.25) is 5.02 Å². The summed E-state index contributed by atoms with van der Waals surface area (Å²) in [6.07, 6.45) is 3.93. The lowest BCUT2D eigenvalue weighted by Crippen LogP contribution is -2.30. The Balaban J connectivity index is 2.01. The first-order chi connectivity index (χ1) is 10.7. The number of nitrogens with one attached hydrogen (secondary N) is 1. The zero-order chi connectivity index (χ0) is 17.2. The van der Waals surface area contributed by atoms with Crippen LogP contribution in [-0.4, -0.2) is 34.5 Å². The molecule has 0 saturated heterocycles. The summed E-state index contributed by atoms with van der Waals surface area (Å²) in [5.41, 5.74) is 0.0179. The van der Waals surface area contributed by atoms with Gasteiger partial charge in [0.05, 0.1) is 23.1 Å². The predicted octanol–water partition coefficient (Wildman–Crippen LogP) is 2.05. The van der Waals surface area contributed by atoms with Crippen molar-refractivity contribution in [2.75, 3.05) is 6.54 Å². The number of sulfonamides is 1. The van der Waals surface area contributed by atoms with E-state index in [4.69, 9.17) is 11.6 Å². The summed E-state index contributed by atoms with van der Waals surface area (Å²) >= 11 is 5.75. The van der Waals surface area contributed by atoms with Gasteiger partial charge in [0, 0.05) is 19.3 Å². The maximum Gasteiger partial charge on any atom is 0.333 e. The molecule has 0 aliphatic carbocycles. The van der Waals surface area contributed by atoms with Crippen molar-refractivity contribution in [2.24, 2.45) is 5.92 Å². The fourth-order valence-corrected chi connectivity index (χ4v) is 3.47. The van der Waals surface area contributed by atoms with Gasteiger partial charge < -0.3 is 0 Å². The van der Waals surface area contributed by atoms with Crippen LogP contribution in [0.15, 0.2) is 23.5 Å². The molecule has 0 aliphatic heterocycles. The third kappa shape index (κ3) is 4.49. The number of nitrogens with zero attached hydrogens (tertiary/aromatic N) is 4. The Labute approximate surface area is 137 Å². The molecule has 0 spiro atoms.